The van der Waals surface area contributed by atoms with Crippen LogP contribution < -0.4 is 16.0 Å². The lowest BCUT2D eigenvalue weighted by atomic mass is 10.0. The summed E-state index contributed by atoms with van der Waals surface area (Å²) in [6.45, 7) is 4.36. The predicted molar refractivity (Wildman–Crippen MR) is 120 cm³/mol. The number of anilines is 1. The molecule has 2 aromatic carbocycles. The highest BCUT2D eigenvalue weighted by atomic mass is 35.5. The van der Waals surface area contributed by atoms with Gasteiger partial charge >= 0.3 is 0 Å². The first-order valence-corrected chi connectivity index (χ1v) is 8.98. The van der Waals surface area contributed by atoms with Gasteiger partial charge in [0, 0.05) is 38.1 Å². The molecule has 1 aliphatic heterocycles. The lowest BCUT2D eigenvalue weighted by molar-refractivity contribution is 0.585. The summed E-state index contributed by atoms with van der Waals surface area (Å²) >= 11 is 6.54. The minimum atomic E-state index is 0. The zero-order valence-corrected chi connectivity index (χ0v) is 17.2. The van der Waals surface area contributed by atoms with Crippen LogP contribution in [0.4, 0.5) is 5.82 Å². The predicted octanol–water partition coefficient (Wildman–Crippen LogP) is 4.27. The van der Waals surface area contributed by atoms with E-state index >= 15 is 0 Å². The fourth-order valence-electron chi connectivity index (χ4n) is 3.25. The van der Waals surface area contributed by atoms with Gasteiger partial charge in [-0.25, -0.2) is 4.98 Å². The van der Waals surface area contributed by atoms with Gasteiger partial charge in [0.25, 0.3) is 0 Å². The molecule has 144 valence electrons. The molecule has 1 fully saturated rings. The number of hydrogen-bond donors (Lipinski definition) is 2. The fourth-order valence-corrected chi connectivity index (χ4v) is 3.53. The molecule has 0 amide bonds. The molecule has 0 spiro atoms. The molecule has 4 rings (SSSR count). The zero-order valence-electron chi connectivity index (χ0n) is 14.8. The van der Waals surface area contributed by atoms with Crippen LogP contribution in [0, 0.1) is 0 Å². The summed E-state index contributed by atoms with van der Waals surface area (Å²) in [5.74, 6) is 0.885. The highest BCUT2D eigenvalue weighted by Crippen LogP contribution is 2.31. The van der Waals surface area contributed by atoms with Crippen LogP contribution in [0.5, 0.6) is 0 Å². The van der Waals surface area contributed by atoms with Crippen molar-refractivity contribution in [3.63, 3.8) is 0 Å². The van der Waals surface area contributed by atoms with Gasteiger partial charge in [-0.05, 0) is 34.9 Å². The quantitative estimate of drug-likeness (QED) is 0.658. The van der Waals surface area contributed by atoms with Gasteiger partial charge in [-0.15, -0.1) is 24.8 Å². The van der Waals surface area contributed by atoms with Crippen molar-refractivity contribution in [2.24, 2.45) is 5.73 Å². The smallest absolute Gasteiger partial charge is 0.148 e. The summed E-state index contributed by atoms with van der Waals surface area (Å²) in [7, 11) is 0. The summed E-state index contributed by atoms with van der Waals surface area (Å²) in [6, 6.07) is 16.7. The number of nitrogens with zero attached hydrogens (tertiary/aromatic N) is 2. The van der Waals surface area contributed by atoms with Crippen LogP contribution in [-0.4, -0.2) is 31.2 Å². The molecule has 0 atom stereocenters. The largest absolute Gasteiger partial charge is 0.353 e. The zero-order chi connectivity index (χ0) is 17.2. The Morgan fingerprint density at radius 3 is 2.30 bits per heavy atom. The first kappa shape index (κ1) is 21.7. The molecule has 1 saturated heterocycles. The van der Waals surface area contributed by atoms with Gasteiger partial charge in [0.1, 0.15) is 5.82 Å². The van der Waals surface area contributed by atoms with Crippen molar-refractivity contribution in [2.75, 3.05) is 31.1 Å². The number of aromatic nitrogens is 1. The third kappa shape index (κ3) is 4.65. The van der Waals surface area contributed by atoms with Crippen molar-refractivity contribution in [3.8, 4) is 11.1 Å². The summed E-state index contributed by atoms with van der Waals surface area (Å²) in [4.78, 5) is 7.06. The first-order chi connectivity index (χ1) is 12.2. The highest BCUT2D eigenvalue weighted by Gasteiger charge is 2.16. The number of piperazine rings is 1. The van der Waals surface area contributed by atoms with Gasteiger partial charge in [-0.1, -0.05) is 41.9 Å². The standard InChI is InChI=1S/C20H21ClN4.2ClH/c21-18-12-17-11-16(15-3-1-14(13-22)2-4-15)5-6-19(17)24-20(18)25-9-7-23-8-10-25;;/h1-6,11-12,23H,7-10,13,22H2;2*1H. The number of rotatable bonds is 3. The Kier molecular flexibility index (Phi) is 7.71. The first-order valence-electron chi connectivity index (χ1n) is 8.60. The van der Waals surface area contributed by atoms with E-state index < -0.39 is 0 Å². The van der Waals surface area contributed by atoms with Gasteiger partial charge < -0.3 is 16.0 Å². The van der Waals surface area contributed by atoms with Crippen molar-refractivity contribution >= 4 is 53.1 Å². The Morgan fingerprint density at radius 2 is 1.63 bits per heavy atom. The van der Waals surface area contributed by atoms with Crippen molar-refractivity contribution in [3.05, 3.63) is 59.1 Å². The molecule has 1 aromatic heterocycles. The van der Waals surface area contributed by atoms with Crippen molar-refractivity contribution in [1.29, 1.82) is 0 Å². The number of hydrogen-bond acceptors (Lipinski definition) is 4. The van der Waals surface area contributed by atoms with E-state index in [9.17, 15) is 0 Å². The number of halogens is 3. The number of fused-ring (bicyclic) bond motifs is 1. The Hall–Kier alpha value is -1.56. The highest BCUT2D eigenvalue weighted by molar-refractivity contribution is 6.33. The average molecular weight is 426 g/mol. The van der Waals surface area contributed by atoms with Crippen LogP contribution in [0.2, 0.25) is 5.02 Å². The molecule has 0 radical (unpaired) electrons. The van der Waals surface area contributed by atoms with Crippen LogP contribution in [0.15, 0.2) is 48.5 Å². The lowest BCUT2D eigenvalue weighted by Gasteiger charge is -2.29. The molecule has 0 saturated carbocycles. The molecule has 2 heterocycles. The van der Waals surface area contributed by atoms with Crippen LogP contribution in [0.25, 0.3) is 22.0 Å². The summed E-state index contributed by atoms with van der Waals surface area (Å²) in [6.07, 6.45) is 0. The molecule has 3 aromatic rings. The SMILES string of the molecule is Cl.Cl.NCc1ccc(-c2ccc3nc(N4CCNCC4)c(Cl)cc3c2)cc1. The number of pyridine rings is 1. The fraction of sp³-hybridized carbons (Fsp3) is 0.250. The molecule has 0 bridgehead atoms. The molecule has 3 N–H and O–H groups in total. The maximum atomic E-state index is 6.54. The molecular formula is C20H23Cl3N4. The average Bonchev–Trinajstić information content (AvgIpc) is 2.68. The Labute approximate surface area is 176 Å². The van der Waals surface area contributed by atoms with E-state index in [2.05, 4.69) is 52.7 Å². The Balaban J connectivity index is 0.00000131. The molecule has 1 aliphatic rings. The minimum Gasteiger partial charge on any atom is -0.353 e. The van der Waals surface area contributed by atoms with Crippen LogP contribution in [0.1, 0.15) is 5.56 Å². The van der Waals surface area contributed by atoms with E-state index in [0.29, 0.717) is 11.6 Å². The van der Waals surface area contributed by atoms with E-state index in [4.69, 9.17) is 22.3 Å². The number of benzene rings is 2. The van der Waals surface area contributed by atoms with Gasteiger partial charge in [-0.3, -0.25) is 0 Å². The summed E-state index contributed by atoms with van der Waals surface area (Å²) in [5.41, 5.74) is 10.1. The molecule has 4 nitrogen and oxygen atoms in total. The van der Waals surface area contributed by atoms with E-state index in [1.807, 2.05) is 6.07 Å². The molecule has 27 heavy (non-hydrogen) atoms. The minimum absolute atomic E-state index is 0. The third-order valence-electron chi connectivity index (χ3n) is 4.69. The topological polar surface area (TPSA) is 54.2 Å². The van der Waals surface area contributed by atoms with Crippen LogP contribution >= 0.6 is 36.4 Å². The van der Waals surface area contributed by atoms with E-state index in [0.717, 1.165) is 54.0 Å². The normalized spacial score (nSPS) is 13.8. The second-order valence-electron chi connectivity index (χ2n) is 6.34. The van der Waals surface area contributed by atoms with Crippen molar-refractivity contribution in [2.45, 2.75) is 6.54 Å². The second kappa shape index (κ2) is 9.58. The van der Waals surface area contributed by atoms with Gasteiger partial charge in [-0.2, -0.15) is 0 Å². The maximum Gasteiger partial charge on any atom is 0.148 e. The lowest BCUT2D eigenvalue weighted by Crippen LogP contribution is -2.44. The molecule has 0 unspecified atom stereocenters. The van der Waals surface area contributed by atoms with Crippen LogP contribution in [0.3, 0.4) is 0 Å². The summed E-state index contributed by atoms with van der Waals surface area (Å²) < 4.78 is 0. The van der Waals surface area contributed by atoms with Gasteiger partial charge in [0.05, 0.1) is 10.5 Å². The van der Waals surface area contributed by atoms with Crippen molar-refractivity contribution < 1.29 is 0 Å². The third-order valence-corrected chi connectivity index (χ3v) is 4.97. The molecular weight excluding hydrogens is 403 g/mol. The van der Waals surface area contributed by atoms with E-state index in [1.165, 1.54) is 5.56 Å². The second-order valence-corrected chi connectivity index (χ2v) is 6.75. The van der Waals surface area contributed by atoms with E-state index in [1.54, 1.807) is 0 Å². The monoisotopic (exact) mass is 424 g/mol. The number of nitrogens with one attached hydrogen (secondary N) is 1. The van der Waals surface area contributed by atoms with Gasteiger partial charge in [0.15, 0.2) is 0 Å². The number of nitrogens with two attached hydrogens (primary N) is 1. The Morgan fingerprint density at radius 1 is 0.963 bits per heavy atom. The molecule has 7 heteroatoms. The Bertz CT molecular complexity index is 894. The van der Waals surface area contributed by atoms with E-state index in [-0.39, 0.29) is 24.8 Å². The van der Waals surface area contributed by atoms with Crippen molar-refractivity contribution in [1.82, 2.24) is 10.3 Å². The summed E-state index contributed by atoms with van der Waals surface area (Å²) in [5, 5.41) is 5.13. The van der Waals surface area contributed by atoms with Crippen LogP contribution in [-0.2, 0) is 6.54 Å². The van der Waals surface area contributed by atoms with Gasteiger partial charge in [0.2, 0.25) is 0 Å². The molecule has 0 aliphatic carbocycles. The maximum absolute atomic E-state index is 6.54.